The summed E-state index contributed by atoms with van der Waals surface area (Å²) in [7, 11) is 0. The first-order valence-corrected chi connectivity index (χ1v) is 2.49. The average Bonchev–Trinajstić information content (AvgIpc) is 1.37. The zero-order valence-corrected chi connectivity index (χ0v) is 4.89. The Morgan fingerprint density at radius 3 is 2.00 bits per heavy atom. The topological polar surface area (TPSA) is 0 Å². The van der Waals surface area contributed by atoms with Gasteiger partial charge in [0.2, 0.25) is 0 Å². The van der Waals surface area contributed by atoms with E-state index in [1.165, 1.54) is 0 Å². The van der Waals surface area contributed by atoms with Crippen molar-refractivity contribution in [3.8, 4) is 0 Å². The van der Waals surface area contributed by atoms with Gasteiger partial charge in [-0.2, -0.15) is 0 Å². The maximum absolute atomic E-state index is 2.01. The van der Waals surface area contributed by atoms with E-state index in [1.54, 1.807) is 0 Å². The van der Waals surface area contributed by atoms with E-state index in [9.17, 15) is 0 Å². The van der Waals surface area contributed by atoms with Gasteiger partial charge in [-0.05, 0) is 0 Å². The van der Waals surface area contributed by atoms with Crippen LogP contribution >= 0.6 is 0 Å². The molecule has 0 aliphatic carbocycles. The predicted octanol–water partition coefficient (Wildman–Crippen LogP) is 0.689. The fourth-order valence-corrected chi connectivity index (χ4v) is 0. The first-order valence-electron chi connectivity index (χ1n) is 1.15. The van der Waals surface area contributed by atoms with Gasteiger partial charge in [-0.1, -0.05) is 0 Å². The Kier molecular flexibility index (Phi) is 4.00. The van der Waals surface area contributed by atoms with Gasteiger partial charge in [0.25, 0.3) is 0 Å². The summed E-state index contributed by atoms with van der Waals surface area (Å²) in [6.45, 7) is 2.00. The van der Waals surface area contributed by atoms with Gasteiger partial charge < -0.3 is 0 Å². The molecule has 0 unspecified atom stereocenters. The standard InChI is InChI=1S/C3H5Te/c1-2-3-4/h2-3H,1H3/b3-2-. The van der Waals surface area contributed by atoms with Crippen molar-refractivity contribution in [1.82, 2.24) is 0 Å². The number of hydrogen-bond acceptors (Lipinski definition) is 0. The molecule has 0 atom stereocenters. The molecule has 0 aromatic carbocycles. The molecule has 23 valence electrons. The van der Waals surface area contributed by atoms with Gasteiger partial charge in [-0.3, -0.25) is 0 Å². The molecular weight excluding hydrogens is 164 g/mol. The Balaban J connectivity index is 2.55. The van der Waals surface area contributed by atoms with E-state index in [2.05, 4.69) is 0 Å². The van der Waals surface area contributed by atoms with Gasteiger partial charge in [0.1, 0.15) is 0 Å². The third kappa shape index (κ3) is 2.53. The van der Waals surface area contributed by atoms with Crippen LogP contribution in [0.4, 0.5) is 0 Å². The van der Waals surface area contributed by atoms with E-state index < -0.39 is 0 Å². The summed E-state index contributed by atoms with van der Waals surface area (Å²) < 4.78 is 2.01. The Hall–Kier alpha value is 0.530. The van der Waals surface area contributed by atoms with E-state index in [4.69, 9.17) is 0 Å². The Bertz CT molecular complexity index is 18.5. The summed E-state index contributed by atoms with van der Waals surface area (Å²) in [4.78, 5) is 0. The van der Waals surface area contributed by atoms with Gasteiger partial charge >= 0.3 is 39.4 Å². The molecule has 1 radical (unpaired) electrons. The summed E-state index contributed by atoms with van der Waals surface area (Å²) >= 11 is 1.94. The summed E-state index contributed by atoms with van der Waals surface area (Å²) in [6, 6.07) is 0. The van der Waals surface area contributed by atoms with Crippen LogP contribution in [-0.4, -0.2) is 22.3 Å². The molecule has 0 aliphatic rings. The van der Waals surface area contributed by atoms with Crippen LogP contribution in [0.2, 0.25) is 0 Å². The van der Waals surface area contributed by atoms with Crippen LogP contribution in [0.1, 0.15) is 6.92 Å². The first kappa shape index (κ1) is 4.53. The summed E-state index contributed by atoms with van der Waals surface area (Å²) in [5.41, 5.74) is 0. The summed E-state index contributed by atoms with van der Waals surface area (Å²) in [5.74, 6) is 0. The van der Waals surface area contributed by atoms with E-state index in [0.29, 0.717) is 0 Å². The number of allylic oxidation sites excluding steroid dienone is 1. The molecule has 0 fully saturated rings. The second kappa shape index (κ2) is 3.53. The molecule has 0 N–H and O–H groups in total. The van der Waals surface area contributed by atoms with Crippen LogP contribution in [0.15, 0.2) is 10.2 Å². The minimum atomic E-state index is 1.94. The minimum absolute atomic E-state index is 1.94. The van der Waals surface area contributed by atoms with Crippen LogP contribution in [0, 0.1) is 0 Å². The second-order valence-corrected chi connectivity index (χ2v) is 1.25. The third-order valence-corrected chi connectivity index (χ3v) is 0.913. The van der Waals surface area contributed by atoms with Gasteiger partial charge in [-0.15, -0.1) is 0 Å². The monoisotopic (exact) mass is 171 g/mol. The molecule has 0 aromatic rings. The molecule has 0 heterocycles. The Labute approximate surface area is 39.8 Å². The number of hydrogen-bond donors (Lipinski definition) is 0. The van der Waals surface area contributed by atoms with E-state index in [1.807, 2.05) is 39.4 Å². The molecule has 1 heteroatoms. The van der Waals surface area contributed by atoms with Crippen molar-refractivity contribution in [1.29, 1.82) is 0 Å². The van der Waals surface area contributed by atoms with Crippen LogP contribution < -0.4 is 0 Å². The van der Waals surface area contributed by atoms with Crippen molar-refractivity contribution >= 4 is 22.3 Å². The molecule has 0 amide bonds. The van der Waals surface area contributed by atoms with Crippen LogP contribution in [-0.2, 0) is 0 Å². The number of rotatable bonds is 0. The maximum atomic E-state index is 2.01. The fourth-order valence-electron chi connectivity index (χ4n) is 0. The first-order chi connectivity index (χ1) is 1.91. The molecule has 4 heavy (non-hydrogen) atoms. The second-order valence-electron chi connectivity index (χ2n) is 0.469. The van der Waals surface area contributed by atoms with Gasteiger partial charge in [-0.25, -0.2) is 0 Å². The van der Waals surface area contributed by atoms with E-state index >= 15 is 0 Å². The molecule has 0 aromatic heterocycles. The molecule has 0 saturated carbocycles. The van der Waals surface area contributed by atoms with Gasteiger partial charge in [0, 0.05) is 0 Å². The van der Waals surface area contributed by atoms with E-state index in [-0.39, 0.29) is 0 Å². The Morgan fingerprint density at radius 1 is 1.75 bits per heavy atom. The van der Waals surface area contributed by atoms with Crippen molar-refractivity contribution in [2.75, 3.05) is 0 Å². The predicted molar refractivity (Wildman–Crippen MR) is 20.6 cm³/mol. The van der Waals surface area contributed by atoms with Gasteiger partial charge in [0.15, 0.2) is 0 Å². The zero-order valence-electron chi connectivity index (χ0n) is 2.56. The zero-order chi connectivity index (χ0) is 3.41. The van der Waals surface area contributed by atoms with Crippen molar-refractivity contribution in [3.05, 3.63) is 10.2 Å². The van der Waals surface area contributed by atoms with Crippen molar-refractivity contribution in [2.45, 2.75) is 6.92 Å². The SMILES string of the molecule is C/C=C\[Te]. The Morgan fingerprint density at radius 2 is 2.00 bits per heavy atom. The molecular formula is C3H5Te. The normalized spacial score (nSPS) is 9.25. The van der Waals surface area contributed by atoms with E-state index in [0.717, 1.165) is 0 Å². The summed E-state index contributed by atoms with van der Waals surface area (Å²) in [5, 5.41) is 0. The van der Waals surface area contributed by atoms with Crippen molar-refractivity contribution in [2.24, 2.45) is 0 Å². The summed E-state index contributed by atoms with van der Waals surface area (Å²) in [6.07, 6.45) is 2.00. The average molecular weight is 169 g/mol. The quantitative estimate of drug-likeness (QED) is 0.467. The van der Waals surface area contributed by atoms with Crippen molar-refractivity contribution in [3.63, 3.8) is 0 Å². The molecule has 0 rings (SSSR count). The van der Waals surface area contributed by atoms with Crippen molar-refractivity contribution < 1.29 is 0 Å². The fraction of sp³-hybridized carbons (Fsp3) is 0.333. The molecule has 0 spiro atoms. The third-order valence-electron chi connectivity index (χ3n) is 0.136. The molecule has 0 aliphatic heterocycles. The van der Waals surface area contributed by atoms with Crippen LogP contribution in [0.3, 0.4) is 0 Å². The molecule has 0 saturated heterocycles. The van der Waals surface area contributed by atoms with Crippen LogP contribution in [0.5, 0.6) is 0 Å². The molecule has 0 nitrogen and oxygen atoms in total. The van der Waals surface area contributed by atoms with Gasteiger partial charge in [0.05, 0.1) is 0 Å². The molecule has 0 bridgehead atoms. The van der Waals surface area contributed by atoms with Crippen LogP contribution in [0.25, 0.3) is 0 Å².